The van der Waals surface area contributed by atoms with Gasteiger partial charge >= 0.3 is 0 Å². The smallest absolute Gasteiger partial charge is 0.123 e. The molecule has 6 rings (SSSR count). The molecule has 3 aromatic carbocycles. The molecule has 0 unspecified atom stereocenters. The van der Waals surface area contributed by atoms with E-state index in [2.05, 4.69) is 99.2 Å². The summed E-state index contributed by atoms with van der Waals surface area (Å²) in [5.74, 6) is 3.15. The van der Waals surface area contributed by atoms with Crippen molar-refractivity contribution in [3.8, 4) is 0 Å². The maximum absolute atomic E-state index is 5.49. The van der Waals surface area contributed by atoms with E-state index in [1.165, 1.54) is 0 Å². The number of hydrogen-bond acceptors (Lipinski definition) is 6. The molecule has 0 spiro atoms. The van der Waals surface area contributed by atoms with E-state index < -0.39 is 0 Å². The third-order valence-electron chi connectivity index (χ3n) is 8.08. The Balaban J connectivity index is 1.26. The maximum atomic E-state index is 5.49. The molecule has 0 amide bonds. The summed E-state index contributed by atoms with van der Waals surface area (Å²) in [6.45, 7) is 5.39. The third-order valence-corrected chi connectivity index (χ3v) is 8.08. The minimum absolute atomic E-state index is 0.666. The summed E-state index contributed by atoms with van der Waals surface area (Å²) in [6, 6.07) is 25.0. The normalized spacial score (nSPS) is 12.1. The molecule has 0 saturated carbocycles. The molecule has 9 nitrogen and oxygen atoms in total. The van der Waals surface area contributed by atoms with Crippen LogP contribution >= 0.6 is 0 Å². The first kappa shape index (κ1) is 27.1. The van der Waals surface area contributed by atoms with Crippen LogP contribution in [-0.4, -0.2) is 71.8 Å². The summed E-state index contributed by atoms with van der Waals surface area (Å²) in [5, 5.41) is 0. The predicted molar refractivity (Wildman–Crippen MR) is 163 cm³/mol. The first-order valence-corrected chi connectivity index (χ1v) is 14.2. The Hall–Kier alpha value is -4.05. The molecule has 3 aromatic heterocycles. The van der Waals surface area contributed by atoms with E-state index in [0.717, 1.165) is 89.8 Å². The average molecular weight is 551 g/mol. The Morgan fingerprint density at radius 3 is 1.29 bits per heavy atom. The average Bonchev–Trinajstić information content (AvgIpc) is 3.60. The molecule has 3 heterocycles. The van der Waals surface area contributed by atoms with Crippen LogP contribution in [-0.2, 0) is 45.5 Å². The highest BCUT2D eigenvalue weighted by atomic mass is 16.5. The number of para-hydroxylation sites is 6. The van der Waals surface area contributed by atoms with E-state index in [4.69, 9.17) is 19.7 Å². The third kappa shape index (κ3) is 5.61. The second kappa shape index (κ2) is 11.8. The van der Waals surface area contributed by atoms with Crippen LogP contribution in [0.15, 0.2) is 72.8 Å². The molecular formula is C32H38N8O. The Kier molecular flexibility index (Phi) is 7.82. The van der Waals surface area contributed by atoms with Crippen molar-refractivity contribution in [2.24, 2.45) is 21.1 Å². The fourth-order valence-corrected chi connectivity index (χ4v) is 5.60. The minimum Gasteiger partial charge on any atom is -0.383 e. The summed E-state index contributed by atoms with van der Waals surface area (Å²) in [7, 11) is 8.07. The summed E-state index contributed by atoms with van der Waals surface area (Å²) in [5.41, 5.74) is 6.52. The first-order chi connectivity index (χ1) is 20.0. The zero-order chi connectivity index (χ0) is 28.3. The molecular weight excluding hydrogens is 512 g/mol. The molecule has 0 atom stereocenters. The Morgan fingerprint density at radius 2 is 0.902 bits per heavy atom. The van der Waals surface area contributed by atoms with Crippen LogP contribution in [0.4, 0.5) is 0 Å². The van der Waals surface area contributed by atoms with Crippen molar-refractivity contribution < 1.29 is 4.74 Å². The molecule has 41 heavy (non-hydrogen) atoms. The Labute approximate surface area is 240 Å². The van der Waals surface area contributed by atoms with E-state index in [9.17, 15) is 0 Å². The lowest BCUT2D eigenvalue weighted by atomic mass is 10.3. The molecule has 0 aliphatic rings. The summed E-state index contributed by atoms with van der Waals surface area (Å²) < 4.78 is 12.1. The van der Waals surface area contributed by atoms with E-state index in [0.29, 0.717) is 6.61 Å². The van der Waals surface area contributed by atoms with Gasteiger partial charge in [-0.05, 0) is 36.4 Å². The van der Waals surface area contributed by atoms with E-state index >= 15 is 0 Å². The topological polar surface area (TPSA) is 69.2 Å². The Bertz CT molecular complexity index is 1700. The van der Waals surface area contributed by atoms with Gasteiger partial charge in [0.25, 0.3) is 0 Å². The number of aromatic nitrogens is 6. The van der Waals surface area contributed by atoms with Gasteiger partial charge in [0.05, 0.1) is 59.3 Å². The second-order valence-corrected chi connectivity index (χ2v) is 10.7. The fourth-order valence-electron chi connectivity index (χ4n) is 5.60. The first-order valence-electron chi connectivity index (χ1n) is 14.2. The van der Waals surface area contributed by atoms with Gasteiger partial charge in [-0.25, -0.2) is 15.0 Å². The summed E-state index contributed by atoms with van der Waals surface area (Å²) >= 11 is 0. The van der Waals surface area contributed by atoms with E-state index in [-0.39, 0.29) is 0 Å². The van der Waals surface area contributed by atoms with Crippen molar-refractivity contribution >= 4 is 33.1 Å². The van der Waals surface area contributed by atoms with Gasteiger partial charge in [-0.2, -0.15) is 0 Å². The number of nitrogens with zero attached hydrogens (tertiary/aromatic N) is 8. The van der Waals surface area contributed by atoms with Crippen LogP contribution in [0.5, 0.6) is 0 Å². The van der Waals surface area contributed by atoms with Crippen molar-refractivity contribution in [1.29, 1.82) is 0 Å². The van der Waals surface area contributed by atoms with Crippen LogP contribution < -0.4 is 0 Å². The lowest BCUT2D eigenvalue weighted by Crippen LogP contribution is -2.37. The standard InChI is InChI=1S/C32H38N8O/c1-36-27-14-8-5-11-24(27)33-30(36)21-39(19-20-41-4)17-18-40(22-31-34-25-12-6-9-15-28(25)37(31)2)23-32-35-26-13-7-10-16-29(26)38(32)3/h5-16H,17-23H2,1-4H3. The van der Waals surface area contributed by atoms with Gasteiger partial charge in [-0.1, -0.05) is 36.4 Å². The number of fused-ring (bicyclic) bond motifs is 3. The number of imidazole rings is 3. The summed E-state index contributed by atoms with van der Waals surface area (Å²) in [4.78, 5) is 19.8. The monoisotopic (exact) mass is 550 g/mol. The summed E-state index contributed by atoms with van der Waals surface area (Å²) in [6.07, 6.45) is 0. The zero-order valence-corrected chi connectivity index (χ0v) is 24.4. The fraction of sp³-hybridized carbons (Fsp3) is 0.344. The highest BCUT2D eigenvalue weighted by molar-refractivity contribution is 5.77. The second-order valence-electron chi connectivity index (χ2n) is 10.7. The SMILES string of the molecule is COCCN(CCN(Cc1nc2ccccc2n1C)Cc1nc2ccccc2n1C)Cc1nc2ccccc2n1C. The molecule has 0 aliphatic heterocycles. The maximum Gasteiger partial charge on any atom is 0.123 e. The van der Waals surface area contributed by atoms with Crippen molar-refractivity contribution in [1.82, 2.24) is 38.5 Å². The molecule has 212 valence electrons. The lowest BCUT2D eigenvalue weighted by Gasteiger charge is -2.27. The van der Waals surface area contributed by atoms with E-state index in [1.807, 2.05) is 18.2 Å². The largest absolute Gasteiger partial charge is 0.383 e. The highest BCUT2D eigenvalue weighted by Gasteiger charge is 2.19. The number of aryl methyl sites for hydroxylation is 3. The molecule has 0 N–H and O–H groups in total. The van der Waals surface area contributed by atoms with Crippen molar-refractivity contribution in [2.75, 3.05) is 33.4 Å². The van der Waals surface area contributed by atoms with Crippen LogP contribution in [0.1, 0.15) is 17.5 Å². The van der Waals surface area contributed by atoms with Gasteiger partial charge < -0.3 is 18.4 Å². The molecule has 0 fully saturated rings. The van der Waals surface area contributed by atoms with Gasteiger partial charge in [-0.3, -0.25) is 9.80 Å². The number of benzene rings is 3. The number of rotatable bonds is 12. The zero-order valence-electron chi connectivity index (χ0n) is 24.4. The van der Waals surface area contributed by atoms with Crippen molar-refractivity contribution in [3.05, 3.63) is 90.3 Å². The van der Waals surface area contributed by atoms with Crippen LogP contribution in [0.2, 0.25) is 0 Å². The minimum atomic E-state index is 0.666. The van der Waals surface area contributed by atoms with E-state index in [1.54, 1.807) is 7.11 Å². The van der Waals surface area contributed by atoms with Crippen LogP contribution in [0, 0.1) is 0 Å². The van der Waals surface area contributed by atoms with Gasteiger partial charge in [0, 0.05) is 47.9 Å². The van der Waals surface area contributed by atoms with Gasteiger partial charge in [0.2, 0.25) is 0 Å². The van der Waals surface area contributed by atoms with Gasteiger partial charge in [-0.15, -0.1) is 0 Å². The number of methoxy groups -OCH3 is 1. The molecule has 0 saturated heterocycles. The lowest BCUT2D eigenvalue weighted by molar-refractivity contribution is 0.125. The predicted octanol–water partition coefficient (Wildman–Crippen LogP) is 4.50. The Morgan fingerprint density at radius 1 is 0.537 bits per heavy atom. The number of ether oxygens (including phenoxy) is 1. The van der Waals surface area contributed by atoms with Gasteiger partial charge in [0.1, 0.15) is 17.5 Å². The highest BCUT2D eigenvalue weighted by Crippen LogP contribution is 2.20. The number of hydrogen-bond donors (Lipinski definition) is 0. The molecule has 0 aliphatic carbocycles. The van der Waals surface area contributed by atoms with Crippen molar-refractivity contribution in [2.45, 2.75) is 19.6 Å². The molecule has 0 bridgehead atoms. The molecule has 9 heteroatoms. The quantitative estimate of drug-likeness (QED) is 0.224. The molecule has 0 radical (unpaired) electrons. The van der Waals surface area contributed by atoms with Crippen LogP contribution in [0.3, 0.4) is 0 Å². The van der Waals surface area contributed by atoms with Crippen molar-refractivity contribution in [3.63, 3.8) is 0 Å². The van der Waals surface area contributed by atoms with Crippen LogP contribution in [0.25, 0.3) is 33.1 Å². The molecule has 6 aromatic rings. The van der Waals surface area contributed by atoms with Gasteiger partial charge in [0.15, 0.2) is 0 Å².